The summed E-state index contributed by atoms with van der Waals surface area (Å²) in [5, 5.41) is 0.272. The van der Waals surface area contributed by atoms with E-state index < -0.39 is 0 Å². The van der Waals surface area contributed by atoms with Crippen molar-refractivity contribution in [3.63, 3.8) is 0 Å². The van der Waals surface area contributed by atoms with Gasteiger partial charge < -0.3 is 9.32 Å². The topological polar surface area (TPSA) is 68.3 Å². The summed E-state index contributed by atoms with van der Waals surface area (Å²) in [4.78, 5) is 31.0. The number of carbonyl (C=O) groups is 1. The number of nitrogens with zero attached hydrogens (tertiary/aromatic N) is 3. The quantitative estimate of drug-likeness (QED) is 0.806. The van der Waals surface area contributed by atoms with Crippen molar-refractivity contribution in [3.8, 4) is 0 Å². The molecule has 1 fully saturated rings. The molecule has 0 bridgehead atoms. The maximum absolute atomic E-state index is 12.6. The molecular weight excluding hydrogens is 270 g/mol. The number of likely N-dealkylation sites (tertiary alicyclic amines) is 1. The third kappa shape index (κ3) is 2.16. The Morgan fingerprint density at radius 1 is 1.48 bits per heavy atom. The van der Waals surface area contributed by atoms with Gasteiger partial charge in [-0.2, -0.15) is 0 Å². The van der Waals surface area contributed by atoms with Crippen LogP contribution in [0, 0.1) is 6.92 Å². The Bertz CT molecular complexity index is 766. The highest BCUT2D eigenvalue weighted by molar-refractivity contribution is 6.06. The fourth-order valence-corrected chi connectivity index (χ4v) is 2.74. The number of amides is 1. The number of fused-ring (bicyclic) bond motifs is 1. The molecule has 1 amide bonds. The summed E-state index contributed by atoms with van der Waals surface area (Å²) in [7, 11) is 0. The largest absolute Gasteiger partial charge is 0.442 e. The van der Waals surface area contributed by atoms with Gasteiger partial charge >= 0.3 is 0 Å². The second-order valence-corrected chi connectivity index (χ2v) is 5.20. The van der Waals surface area contributed by atoms with E-state index in [2.05, 4.69) is 11.6 Å². The lowest BCUT2D eigenvalue weighted by Crippen LogP contribution is -2.29. The maximum atomic E-state index is 12.6. The molecule has 0 radical (unpaired) electrons. The average molecular weight is 287 g/mol. The number of carbonyl (C=O) groups excluding carboxylic acids is 1. The number of hydrogen-bond acceptors (Lipinski definition) is 4. The molecule has 3 heterocycles. The molecule has 0 aliphatic carbocycles. The van der Waals surface area contributed by atoms with Crippen LogP contribution in [-0.2, 0) is 6.54 Å². The molecule has 6 nitrogen and oxygen atoms in total. The van der Waals surface area contributed by atoms with Gasteiger partial charge in [0, 0.05) is 19.6 Å². The molecule has 0 atom stereocenters. The number of aryl methyl sites for hydroxylation is 1. The van der Waals surface area contributed by atoms with Crippen LogP contribution in [0.2, 0.25) is 0 Å². The van der Waals surface area contributed by atoms with Crippen LogP contribution in [0.3, 0.4) is 0 Å². The van der Waals surface area contributed by atoms with Crippen LogP contribution in [0.4, 0.5) is 0 Å². The summed E-state index contributed by atoms with van der Waals surface area (Å²) >= 11 is 0. The summed E-state index contributed by atoms with van der Waals surface area (Å²) < 4.78 is 6.92. The van der Waals surface area contributed by atoms with E-state index in [1.807, 2.05) is 0 Å². The molecule has 0 spiro atoms. The molecule has 21 heavy (non-hydrogen) atoms. The molecule has 2 aromatic heterocycles. The number of hydrogen-bond donors (Lipinski definition) is 0. The SMILES string of the molecule is C=CCn1cnc2oc(C)c(C(=O)N3CCCC3)c2c1=O. The van der Waals surface area contributed by atoms with E-state index in [-0.39, 0.29) is 22.6 Å². The minimum absolute atomic E-state index is 0.140. The average Bonchev–Trinajstić information content (AvgIpc) is 3.09. The molecule has 3 rings (SSSR count). The van der Waals surface area contributed by atoms with Crippen LogP contribution in [0.25, 0.3) is 11.1 Å². The highest BCUT2D eigenvalue weighted by Gasteiger charge is 2.27. The van der Waals surface area contributed by atoms with Crippen LogP contribution >= 0.6 is 0 Å². The first-order valence-corrected chi connectivity index (χ1v) is 7.02. The van der Waals surface area contributed by atoms with Gasteiger partial charge in [0.15, 0.2) is 0 Å². The van der Waals surface area contributed by atoms with Gasteiger partial charge in [-0.1, -0.05) is 6.08 Å². The lowest BCUT2D eigenvalue weighted by Gasteiger charge is -2.14. The van der Waals surface area contributed by atoms with Gasteiger partial charge in [-0.15, -0.1) is 6.58 Å². The number of allylic oxidation sites excluding steroid dienone is 1. The molecule has 0 aromatic carbocycles. The van der Waals surface area contributed by atoms with Gasteiger partial charge in [-0.25, -0.2) is 4.98 Å². The predicted molar refractivity (Wildman–Crippen MR) is 78.3 cm³/mol. The molecule has 0 N–H and O–H groups in total. The van der Waals surface area contributed by atoms with Gasteiger partial charge in [0.25, 0.3) is 11.5 Å². The number of aromatic nitrogens is 2. The fourth-order valence-electron chi connectivity index (χ4n) is 2.74. The Labute approximate surface area is 121 Å². The van der Waals surface area contributed by atoms with E-state index in [4.69, 9.17) is 4.42 Å². The van der Waals surface area contributed by atoms with E-state index in [9.17, 15) is 9.59 Å². The Morgan fingerprint density at radius 3 is 2.86 bits per heavy atom. The highest BCUT2D eigenvalue weighted by atomic mass is 16.3. The van der Waals surface area contributed by atoms with Crippen LogP contribution in [0.15, 0.2) is 28.2 Å². The smallest absolute Gasteiger partial charge is 0.265 e. The highest BCUT2D eigenvalue weighted by Crippen LogP contribution is 2.24. The molecule has 1 saturated heterocycles. The van der Waals surface area contributed by atoms with Crippen LogP contribution in [0.5, 0.6) is 0 Å². The van der Waals surface area contributed by atoms with Gasteiger partial charge in [0.2, 0.25) is 5.71 Å². The third-order valence-corrected chi connectivity index (χ3v) is 3.79. The van der Waals surface area contributed by atoms with E-state index in [1.165, 1.54) is 10.9 Å². The molecule has 2 aromatic rings. The van der Waals surface area contributed by atoms with Crippen molar-refractivity contribution < 1.29 is 9.21 Å². The van der Waals surface area contributed by atoms with E-state index in [0.29, 0.717) is 17.9 Å². The lowest BCUT2D eigenvalue weighted by atomic mass is 10.1. The fraction of sp³-hybridized carbons (Fsp3) is 0.400. The second kappa shape index (κ2) is 5.20. The zero-order chi connectivity index (χ0) is 15.0. The molecule has 6 heteroatoms. The molecule has 1 aliphatic rings. The first kappa shape index (κ1) is 13.6. The van der Waals surface area contributed by atoms with Crippen LogP contribution in [0.1, 0.15) is 29.0 Å². The Morgan fingerprint density at radius 2 is 2.19 bits per heavy atom. The summed E-state index contributed by atoms with van der Waals surface area (Å²) in [5.74, 6) is 0.307. The zero-order valence-corrected chi connectivity index (χ0v) is 12.0. The summed E-state index contributed by atoms with van der Waals surface area (Å²) in [6.07, 6.45) is 5.03. The van der Waals surface area contributed by atoms with Crippen molar-refractivity contribution in [1.29, 1.82) is 0 Å². The Hall–Kier alpha value is -2.37. The van der Waals surface area contributed by atoms with Crippen molar-refractivity contribution in [2.24, 2.45) is 0 Å². The Balaban J connectivity index is 2.19. The van der Waals surface area contributed by atoms with Gasteiger partial charge in [-0.05, 0) is 19.8 Å². The third-order valence-electron chi connectivity index (χ3n) is 3.79. The van der Waals surface area contributed by atoms with E-state index >= 15 is 0 Å². The normalized spacial score (nSPS) is 14.8. The Kier molecular flexibility index (Phi) is 3.37. The molecule has 0 unspecified atom stereocenters. The van der Waals surface area contributed by atoms with Crippen molar-refractivity contribution >= 4 is 17.0 Å². The summed E-state index contributed by atoms with van der Waals surface area (Å²) in [6, 6.07) is 0. The maximum Gasteiger partial charge on any atom is 0.265 e. The van der Waals surface area contributed by atoms with Crippen molar-refractivity contribution in [1.82, 2.24) is 14.5 Å². The standard InChI is InChI=1S/C15H17N3O3/c1-3-6-18-9-16-13-12(15(18)20)11(10(2)21-13)14(19)17-7-4-5-8-17/h3,9H,1,4-8H2,2H3. The minimum atomic E-state index is -0.265. The monoisotopic (exact) mass is 287 g/mol. The molecule has 110 valence electrons. The van der Waals surface area contributed by atoms with Gasteiger partial charge in [0.1, 0.15) is 17.5 Å². The summed E-state index contributed by atoms with van der Waals surface area (Å²) in [5.41, 5.74) is 0.308. The van der Waals surface area contributed by atoms with Crippen LogP contribution in [-0.4, -0.2) is 33.4 Å². The van der Waals surface area contributed by atoms with Crippen LogP contribution < -0.4 is 5.56 Å². The van der Waals surface area contributed by atoms with Gasteiger partial charge in [0.05, 0.1) is 5.56 Å². The van der Waals surface area contributed by atoms with Crippen molar-refractivity contribution in [2.75, 3.05) is 13.1 Å². The van der Waals surface area contributed by atoms with E-state index in [1.54, 1.807) is 17.9 Å². The minimum Gasteiger partial charge on any atom is -0.442 e. The van der Waals surface area contributed by atoms with E-state index in [0.717, 1.165) is 25.9 Å². The molecule has 1 aliphatic heterocycles. The molecular formula is C15H17N3O3. The summed E-state index contributed by atoms with van der Waals surface area (Å²) in [6.45, 7) is 7.12. The van der Waals surface area contributed by atoms with Crippen molar-refractivity contribution in [3.05, 3.63) is 40.7 Å². The second-order valence-electron chi connectivity index (χ2n) is 5.20. The lowest BCUT2D eigenvalue weighted by molar-refractivity contribution is 0.0792. The van der Waals surface area contributed by atoms with Crippen molar-refractivity contribution in [2.45, 2.75) is 26.3 Å². The molecule has 0 saturated carbocycles. The number of rotatable bonds is 3. The van der Waals surface area contributed by atoms with Gasteiger partial charge in [-0.3, -0.25) is 14.2 Å². The zero-order valence-electron chi connectivity index (χ0n) is 12.0. The predicted octanol–water partition coefficient (Wildman–Crippen LogP) is 1.72. The first-order valence-electron chi connectivity index (χ1n) is 7.02. The first-order chi connectivity index (χ1) is 10.1. The number of furan rings is 1.